The highest BCUT2D eigenvalue weighted by Gasteiger charge is 2.51. The highest BCUT2D eigenvalue weighted by Crippen LogP contribution is 2.44. The highest BCUT2D eigenvalue weighted by molar-refractivity contribution is 4.95. The van der Waals surface area contributed by atoms with E-state index in [4.69, 9.17) is 23.7 Å². The molecule has 0 aromatic carbocycles. The molecule has 3 atom stereocenters. The first kappa shape index (κ1) is 16.3. The number of hydrogen-bond donors (Lipinski definition) is 0. The zero-order valence-electron chi connectivity index (χ0n) is 14.4. The summed E-state index contributed by atoms with van der Waals surface area (Å²) in [6, 6.07) is 0. The van der Waals surface area contributed by atoms with Crippen molar-refractivity contribution >= 4 is 0 Å². The van der Waals surface area contributed by atoms with Crippen molar-refractivity contribution < 1.29 is 23.7 Å². The maximum Gasteiger partial charge on any atom is 0.412 e. The van der Waals surface area contributed by atoms with Gasteiger partial charge in [0.25, 0.3) is 0 Å². The molecule has 0 aromatic rings. The zero-order valence-corrected chi connectivity index (χ0v) is 14.4. The Morgan fingerprint density at radius 1 is 0.913 bits per heavy atom. The first-order valence-corrected chi connectivity index (χ1v) is 9.39. The first-order chi connectivity index (χ1) is 11.2. The molecule has 3 aliphatic heterocycles. The van der Waals surface area contributed by atoms with Crippen LogP contribution in [-0.4, -0.2) is 44.8 Å². The molecule has 4 fully saturated rings. The Balaban J connectivity index is 1.26. The van der Waals surface area contributed by atoms with Crippen LogP contribution in [0.5, 0.6) is 0 Å². The lowest BCUT2D eigenvalue weighted by Crippen LogP contribution is -2.56. The Morgan fingerprint density at radius 3 is 2.26 bits per heavy atom. The molecule has 1 aliphatic carbocycles. The molecule has 3 heterocycles. The average molecular weight is 326 g/mol. The lowest BCUT2D eigenvalue weighted by Gasteiger charge is -2.46. The lowest BCUT2D eigenvalue weighted by atomic mass is 9.83. The van der Waals surface area contributed by atoms with Gasteiger partial charge >= 0.3 is 6.16 Å². The van der Waals surface area contributed by atoms with Gasteiger partial charge in [-0.05, 0) is 38.0 Å². The minimum absolute atomic E-state index is 0.106. The molecule has 23 heavy (non-hydrogen) atoms. The molecule has 5 nitrogen and oxygen atoms in total. The number of ether oxygens (including phenoxy) is 5. The van der Waals surface area contributed by atoms with Crippen molar-refractivity contribution in [2.24, 2.45) is 17.3 Å². The fourth-order valence-corrected chi connectivity index (χ4v) is 4.29. The van der Waals surface area contributed by atoms with Crippen LogP contribution in [0.4, 0.5) is 0 Å². The summed E-state index contributed by atoms with van der Waals surface area (Å²) in [4.78, 5) is 0. The van der Waals surface area contributed by atoms with Crippen molar-refractivity contribution in [2.45, 2.75) is 70.7 Å². The fourth-order valence-electron chi connectivity index (χ4n) is 4.29. The molecule has 5 heteroatoms. The molecule has 0 aromatic heterocycles. The Kier molecular flexibility index (Phi) is 4.43. The molecule has 132 valence electrons. The maximum absolute atomic E-state index is 5.88. The third kappa shape index (κ3) is 3.19. The van der Waals surface area contributed by atoms with Gasteiger partial charge in [0.2, 0.25) is 0 Å². The molecule has 3 unspecified atom stereocenters. The van der Waals surface area contributed by atoms with E-state index < -0.39 is 6.16 Å². The second-order valence-electron chi connectivity index (χ2n) is 7.84. The van der Waals surface area contributed by atoms with E-state index in [1.807, 2.05) is 0 Å². The molecule has 0 N–H and O–H groups in total. The van der Waals surface area contributed by atoms with E-state index >= 15 is 0 Å². The Bertz CT molecular complexity index is 402. The Hall–Kier alpha value is -0.200. The van der Waals surface area contributed by atoms with Gasteiger partial charge in [-0.25, -0.2) is 0 Å². The lowest BCUT2D eigenvalue weighted by molar-refractivity contribution is -0.541. The van der Waals surface area contributed by atoms with E-state index in [0.29, 0.717) is 50.5 Å². The van der Waals surface area contributed by atoms with Gasteiger partial charge in [-0.2, -0.15) is 0 Å². The number of hydrogen-bond acceptors (Lipinski definition) is 5. The van der Waals surface area contributed by atoms with Crippen molar-refractivity contribution in [3.63, 3.8) is 0 Å². The Labute approximate surface area is 138 Å². The van der Waals surface area contributed by atoms with Crippen LogP contribution in [0.15, 0.2) is 0 Å². The van der Waals surface area contributed by atoms with E-state index in [-0.39, 0.29) is 5.41 Å². The summed E-state index contributed by atoms with van der Waals surface area (Å²) in [5.41, 5.74) is 0.106. The van der Waals surface area contributed by atoms with Gasteiger partial charge in [-0.3, -0.25) is 0 Å². The van der Waals surface area contributed by atoms with Gasteiger partial charge in [0, 0.05) is 11.3 Å². The molecule has 0 radical (unpaired) electrons. The highest BCUT2D eigenvalue weighted by atomic mass is 17.0. The number of fused-ring (bicyclic) bond motifs is 1. The van der Waals surface area contributed by atoms with Crippen LogP contribution < -0.4 is 0 Å². The van der Waals surface area contributed by atoms with E-state index in [9.17, 15) is 0 Å². The summed E-state index contributed by atoms with van der Waals surface area (Å²) < 4.78 is 29.3. The fraction of sp³-hybridized carbons (Fsp3) is 1.00. The Morgan fingerprint density at radius 2 is 1.61 bits per heavy atom. The predicted octanol–water partition coefficient (Wildman–Crippen LogP) is 3.07. The summed E-state index contributed by atoms with van der Waals surface area (Å²) in [7, 11) is 0. The molecule has 1 spiro atoms. The zero-order chi connectivity index (χ0) is 15.9. The largest absolute Gasteiger partial charge is 0.412 e. The molecule has 1 saturated carbocycles. The van der Waals surface area contributed by atoms with Gasteiger partial charge in [-0.15, -0.1) is 0 Å². The summed E-state index contributed by atoms with van der Waals surface area (Å²) >= 11 is 0. The van der Waals surface area contributed by atoms with E-state index in [2.05, 4.69) is 13.8 Å². The second kappa shape index (κ2) is 6.26. The van der Waals surface area contributed by atoms with Crippen molar-refractivity contribution in [1.29, 1.82) is 0 Å². The summed E-state index contributed by atoms with van der Waals surface area (Å²) in [5, 5.41) is 0. The quantitative estimate of drug-likeness (QED) is 0.743. The van der Waals surface area contributed by atoms with Crippen molar-refractivity contribution in [1.82, 2.24) is 0 Å². The predicted molar refractivity (Wildman–Crippen MR) is 83.7 cm³/mol. The van der Waals surface area contributed by atoms with E-state index in [1.54, 1.807) is 0 Å². The van der Waals surface area contributed by atoms with E-state index in [1.165, 1.54) is 19.3 Å². The van der Waals surface area contributed by atoms with Crippen LogP contribution in [0, 0.1) is 17.3 Å². The number of epoxide rings is 1. The standard InChI is InChI=1S/C18H30O5/c1-3-17(4-2)11-21-18(22-12-17)19-9-13(10-20-18)8-14-6-5-7-15-16(14)23-15/h13-16H,3-12H2,1-2H3. The van der Waals surface area contributed by atoms with Crippen LogP contribution in [-0.2, 0) is 23.7 Å². The van der Waals surface area contributed by atoms with Crippen LogP contribution in [0.25, 0.3) is 0 Å². The maximum atomic E-state index is 5.88. The van der Waals surface area contributed by atoms with Crippen molar-refractivity contribution in [3.05, 3.63) is 0 Å². The molecule has 0 amide bonds. The SMILES string of the molecule is CCC1(CC)COC2(OCC(CC3CCCC4OC34)CO2)OC1. The monoisotopic (exact) mass is 326 g/mol. The third-order valence-electron chi connectivity index (χ3n) is 6.39. The molecule has 3 saturated heterocycles. The van der Waals surface area contributed by atoms with Gasteiger partial charge in [0.05, 0.1) is 38.6 Å². The van der Waals surface area contributed by atoms with Gasteiger partial charge in [0.15, 0.2) is 0 Å². The minimum Gasteiger partial charge on any atom is -0.369 e. The van der Waals surface area contributed by atoms with E-state index in [0.717, 1.165) is 19.3 Å². The minimum atomic E-state index is -1.24. The van der Waals surface area contributed by atoms with Gasteiger partial charge in [0.1, 0.15) is 0 Å². The first-order valence-electron chi connectivity index (χ1n) is 9.39. The van der Waals surface area contributed by atoms with Crippen molar-refractivity contribution in [2.75, 3.05) is 26.4 Å². The second-order valence-corrected chi connectivity index (χ2v) is 7.84. The molecular formula is C18H30O5. The third-order valence-corrected chi connectivity index (χ3v) is 6.39. The molecule has 4 aliphatic rings. The smallest absolute Gasteiger partial charge is 0.369 e. The van der Waals surface area contributed by atoms with Gasteiger partial charge < -0.3 is 23.7 Å². The normalized spacial score (nSPS) is 39.1. The molecular weight excluding hydrogens is 296 g/mol. The number of rotatable bonds is 4. The summed E-state index contributed by atoms with van der Waals surface area (Å²) in [5.74, 6) is 1.10. The van der Waals surface area contributed by atoms with Crippen LogP contribution in [0.1, 0.15) is 52.4 Å². The van der Waals surface area contributed by atoms with Crippen LogP contribution in [0.3, 0.4) is 0 Å². The topological polar surface area (TPSA) is 49.5 Å². The molecule has 0 bridgehead atoms. The van der Waals surface area contributed by atoms with Crippen LogP contribution >= 0.6 is 0 Å². The summed E-state index contributed by atoms with van der Waals surface area (Å²) in [6.07, 6.45) is 6.88. The van der Waals surface area contributed by atoms with Crippen LogP contribution in [0.2, 0.25) is 0 Å². The average Bonchev–Trinajstić information content (AvgIpc) is 3.39. The molecule has 4 rings (SSSR count). The van der Waals surface area contributed by atoms with Gasteiger partial charge in [-0.1, -0.05) is 20.3 Å². The van der Waals surface area contributed by atoms with Crippen molar-refractivity contribution in [3.8, 4) is 0 Å². The summed E-state index contributed by atoms with van der Waals surface area (Å²) in [6.45, 7) is 6.96.